The lowest BCUT2D eigenvalue weighted by Crippen LogP contribution is -2.33. The molecule has 0 bridgehead atoms. The molecule has 0 aromatic heterocycles. The van der Waals surface area contributed by atoms with Crippen LogP contribution in [0.4, 0.5) is 5.69 Å². The van der Waals surface area contributed by atoms with Crippen LogP contribution in [-0.2, 0) is 9.53 Å². The van der Waals surface area contributed by atoms with Gasteiger partial charge in [-0.25, -0.2) is 4.79 Å². The van der Waals surface area contributed by atoms with Gasteiger partial charge in [-0.05, 0) is 23.3 Å². The second-order valence-corrected chi connectivity index (χ2v) is 5.91. The maximum absolute atomic E-state index is 10.6. The van der Waals surface area contributed by atoms with Gasteiger partial charge in [-0.1, -0.05) is 42.5 Å². The van der Waals surface area contributed by atoms with Crippen molar-refractivity contribution >= 4 is 17.4 Å². The van der Waals surface area contributed by atoms with E-state index in [1.807, 2.05) is 30.3 Å². The summed E-state index contributed by atoms with van der Waals surface area (Å²) < 4.78 is 5.23. The van der Waals surface area contributed by atoms with Gasteiger partial charge >= 0.3 is 5.97 Å². The largest absolute Gasteiger partial charge is 0.480 e. The first-order valence-corrected chi connectivity index (χ1v) is 7.91. The number of aliphatic carboxylic acids is 1. The van der Waals surface area contributed by atoms with Gasteiger partial charge in [-0.15, -0.1) is 0 Å². The molecular weight excluding hydrogens is 304 g/mol. The fourth-order valence-electron chi connectivity index (χ4n) is 3.00. The second kappa shape index (κ2) is 7.27. The van der Waals surface area contributed by atoms with Gasteiger partial charge in [-0.3, -0.25) is 0 Å². The Morgan fingerprint density at radius 3 is 2.46 bits per heavy atom. The summed E-state index contributed by atoms with van der Waals surface area (Å²) in [6, 6.07) is 18.4. The molecule has 2 aromatic carbocycles. The number of nitrogens with one attached hydrogen (secondary N) is 1. The standard InChI is InChI=1S/C19H20N2O3/c20-16-10-18(12-24-13-19(22)23)21(11-16)17-8-6-15(7-9-17)14-4-2-1-3-5-14/h1-9,18,20H,10-13H2,(H,22,23)/t18-/m0/s1. The molecule has 1 fully saturated rings. The molecule has 24 heavy (non-hydrogen) atoms. The van der Waals surface area contributed by atoms with E-state index in [2.05, 4.69) is 29.2 Å². The van der Waals surface area contributed by atoms with Crippen molar-refractivity contribution in [1.82, 2.24) is 0 Å². The van der Waals surface area contributed by atoms with E-state index in [9.17, 15) is 4.79 Å². The van der Waals surface area contributed by atoms with E-state index >= 15 is 0 Å². The van der Waals surface area contributed by atoms with Gasteiger partial charge in [0.1, 0.15) is 6.61 Å². The average molecular weight is 324 g/mol. The number of ether oxygens (including phenoxy) is 1. The summed E-state index contributed by atoms with van der Waals surface area (Å²) in [5.41, 5.74) is 3.98. The zero-order chi connectivity index (χ0) is 16.9. The molecule has 1 heterocycles. The van der Waals surface area contributed by atoms with Crippen molar-refractivity contribution in [2.75, 3.05) is 24.7 Å². The molecule has 1 atom stereocenters. The third-order valence-corrected chi connectivity index (χ3v) is 4.13. The van der Waals surface area contributed by atoms with Gasteiger partial charge in [0, 0.05) is 17.8 Å². The zero-order valence-corrected chi connectivity index (χ0v) is 13.3. The number of nitrogens with zero attached hydrogens (tertiary/aromatic N) is 1. The maximum atomic E-state index is 10.6. The number of hydrogen-bond donors (Lipinski definition) is 2. The molecule has 0 aliphatic carbocycles. The molecule has 0 radical (unpaired) electrons. The van der Waals surface area contributed by atoms with Gasteiger partial charge in [0.05, 0.1) is 19.2 Å². The number of anilines is 1. The fraction of sp³-hybridized carbons (Fsp3) is 0.263. The van der Waals surface area contributed by atoms with Crippen LogP contribution in [0.2, 0.25) is 0 Å². The Hall–Kier alpha value is -2.66. The van der Waals surface area contributed by atoms with Gasteiger partial charge in [0.15, 0.2) is 0 Å². The number of benzene rings is 2. The van der Waals surface area contributed by atoms with Crippen molar-refractivity contribution in [2.24, 2.45) is 0 Å². The minimum atomic E-state index is -0.971. The minimum Gasteiger partial charge on any atom is -0.480 e. The van der Waals surface area contributed by atoms with E-state index in [0.717, 1.165) is 11.3 Å². The van der Waals surface area contributed by atoms with Crippen molar-refractivity contribution in [3.8, 4) is 11.1 Å². The van der Waals surface area contributed by atoms with E-state index in [-0.39, 0.29) is 12.6 Å². The Bertz CT molecular complexity index is 713. The predicted molar refractivity (Wildman–Crippen MR) is 93.8 cm³/mol. The summed E-state index contributed by atoms with van der Waals surface area (Å²) in [6.07, 6.45) is 0.611. The number of carbonyl (C=O) groups is 1. The summed E-state index contributed by atoms with van der Waals surface area (Å²) in [5.74, 6) is -0.971. The lowest BCUT2D eigenvalue weighted by molar-refractivity contribution is -0.142. The third-order valence-electron chi connectivity index (χ3n) is 4.13. The van der Waals surface area contributed by atoms with Gasteiger partial charge in [0.25, 0.3) is 0 Å². The quantitative estimate of drug-likeness (QED) is 0.856. The molecule has 1 aliphatic heterocycles. The van der Waals surface area contributed by atoms with Crippen LogP contribution in [-0.4, -0.2) is 42.6 Å². The highest BCUT2D eigenvalue weighted by atomic mass is 16.5. The Morgan fingerprint density at radius 2 is 1.79 bits per heavy atom. The molecule has 3 rings (SSSR count). The first kappa shape index (κ1) is 16.2. The van der Waals surface area contributed by atoms with E-state index in [4.69, 9.17) is 15.3 Å². The Morgan fingerprint density at radius 1 is 1.12 bits per heavy atom. The highest BCUT2D eigenvalue weighted by molar-refractivity contribution is 5.90. The predicted octanol–water partition coefficient (Wildman–Crippen LogP) is 3.05. The maximum Gasteiger partial charge on any atom is 0.329 e. The molecule has 2 aromatic rings. The molecule has 5 heteroatoms. The summed E-state index contributed by atoms with van der Waals surface area (Å²) in [7, 11) is 0. The monoisotopic (exact) mass is 324 g/mol. The zero-order valence-electron chi connectivity index (χ0n) is 13.3. The molecule has 0 spiro atoms. The van der Waals surface area contributed by atoms with E-state index < -0.39 is 5.97 Å². The molecule has 124 valence electrons. The van der Waals surface area contributed by atoms with Crippen molar-refractivity contribution in [1.29, 1.82) is 5.41 Å². The summed E-state index contributed by atoms with van der Waals surface area (Å²) in [5, 5.41) is 16.6. The van der Waals surface area contributed by atoms with Gasteiger partial charge in [0.2, 0.25) is 0 Å². The summed E-state index contributed by atoms with van der Waals surface area (Å²) in [6.45, 7) is 0.575. The highest BCUT2D eigenvalue weighted by Gasteiger charge is 2.28. The average Bonchev–Trinajstić information content (AvgIpc) is 2.96. The van der Waals surface area contributed by atoms with Crippen LogP contribution in [0.25, 0.3) is 11.1 Å². The van der Waals surface area contributed by atoms with Crippen molar-refractivity contribution in [3.63, 3.8) is 0 Å². The normalized spacial score (nSPS) is 17.2. The van der Waals surface area contributed by atoms with E-state index in [1.54, 1.807) is 0 Å². The number of carboxylic acids is 1. The van der Waals surface area contributed by atoms with E-state index in [0.29, 0.717) is 25.3 Å². The molecule has 5 nitrogen and oxygen atoms in total. The SMILES string of the molecule is N=C1C[C@@H](COCC(=O)O)N(c2ccc(-c3ccccc3)cc2)C1. The molecule has 1 saturated heterocycles. The second-order valence-electron chi connectivity index (χ2n) is 5.91. The number of rotatable bonds is 6. The smallest absolute Gasteiger partial charge is 0.329 e. The molecule has 0 saturated carbocycles. The van der Waals surface area contributed by atoms with Crippen LogP contribution in [0.1, 0.15) is 6.42 Å². The molecule has 2 N–H and O–H groups in total. The van der Waals surface area contributed by atoms with Crippen LogP contribution in [0.15, 0.2) is 54.6 Å². The lowest BCUT2D eigenvalue weighted by atomic mass is 10.1. The summed E-state index contributed by atoms with van der Waals surface area (Å²) >= 11 is 0. The van der Waals surface area contributed by atoms with Crippen LogP contribution in [0.3, 0.4) is 0 Å². The molecule has 0 amide bonds. The van der Waals surface area contributed by atoms with Crippen LogP contribution < -0.4 is 4.90 Å². The van der Waals surface area contributed by atoms with Crippen LogP contribution >= 0.6 is 0 Å². The summed E-state index contributed by atoms with van der Waals surface area (Å²) in [4.78, 5) is 12.7. The van der Waals surface area contributed by atoms with Crippen molar-refractivity contribution in [3.05, 3.63) is 54.6 Å². The van der Waals surface area contributed by atoms with E-state index in [1.165, 1.54) is 5.56 Å². The minimum absolute atomic E-state index is 0.0134. The Labute approximate surface area is 141 Å². The first-order chi connectivity index (χ1) is 11.6. The highest BCUT2D eigenvalue weighted by Crippen LogP contribution is 2.27. The first-order valence-electron chi connectivity index (χ1n) is 7.91. The van der Waals surface area contributed by atoms with Crippen LogP contribution in [0.5, 0.6) is 0 Å². The van der Waals surface area contributed by atoms with Crippen LogP contribution in [0, 0.1) is 5.41 Å². The number of hydrogen-bond acceptors (Lipinski definition) is 4. The molecule has 0 unspecified atom stereocenters. The van der Waals surface area contributed by atoms with Crippen molar-refractivity contribution in [2.45, 2.75) is 12.5 Å². The molecular formula is C19H20N2O3. The van der Waals surface area contributed by atoms with Crippen molar-refractivity contribution < 1.29 is 14.6 Å². The fourth-order valence-corrected chi connectivity index (χ4v) is 3.00. The topological polar surface area (TPSA) is 73.6 Å². The third kappa shape index (κ3) is 3.81. The Balaban J connectivity index is 1.72. The van der Waals surface area contributed by atoms with Gasteiger partial charge < -0.3 is 20.2 Å². The number of carboxylic acid groups (broad SMARTS) is 1. The van der Waals surface area contributed by atoms with Gasteiger partial charge in [-0.2, -0.15) is 0 Å². The molecule has 1 aliphatic rings. The Kier molecular flexibility index (Phi) is 4.91. The lowest BCUT2D eigenvalue weighted by Gasteiger charge is -2.26.